The highest BCUT2D eigenvalue weighted by molar-refractivity contribution is 5.98. The van der Waals surface area contributed by atoms with Crippen molar-refractivity contribution in [3.8, 4) is 11.8 Å². The number of esters is 1. The Balaban J connectivity index is 1.23. The number of carbonyl (C=O) groups excluding carboxylic acids is 3. The zero-order valence-electron chi connectivity index (χ0n) is 32.6. The zero-order chi connectivity index (χ0) is 37.5. The van der Waals surface area contributed by atoms with Crippen LogP contribution in [0.5, 0.6) is 0 Å². The SMILES string of the molecule is NC(=O)[C@H]1[C@@H]2C(=O)O[C@@H](C3CCCCC3)[C@@H](C3CCCCC3)N2[C@@H](C2CCC(OCCO)CC2)[C@]12C(=O)NC1CCC(C#CC3(O)CCCCCC3)CC12. The fourth-order valence-corrected chi connectivity index (χ4v) is 13.6. The molecule has 3 aliphatic heterocycles. The molecule has 0 bridgehead atoms. The quantitative estimate of drug-likeness (QED) is 0.159. The number of cyclic esters (lactones) is 1. The number of aliphatic hydroxyl groups is 2. The smallest absolute Gasteiger partial charge is 0.324 e. The summed E-state index contributed by atoms with van der Waals surface area (Å²) in [6, 6.07) is -1.39. The van der Waals surface area contributed by atoms with Crippen LogP contribution in [0.4, 0.5) is 0 Å². The highest BCUT2D eigenvalue weighted by Crippen LogP contribution is 2.63. The van der Waals surface area contributed by atoms with E-state index in [0.29, 0.717) is 31.8 Å². The number of primary amides is 1. The molecule has 5 saturated carbocycles. The number of amides is 2. The summed E-state index contributed by atoms with van der Waals surface area (Å²) < 4.78 is 12.7. The minimum absolute atomic E-state index is 0.0140. The van der Waals surface area contributed by atoms with E-state index in [-0.39, 0.29) is 72.5 Å². The zero-order valence-corrected chi connectivity index (χ0v) is 32.6. The van der Waals surface area contributed by atoms with Crippen LogP contribution in [-0.2, 0) is 23.9 Å². The van der Waals surface area contributed by atoms with E-state index in [1.165, 1.54) is 12.8 Å². The molecule has 8 rings (SSSR count). The van der Waals surface area contributed by atoms with Gasteiger partial charge in [0.2, 0.25) is 11.8 Å². The average Bonchev–Trinajstić information content (AvgIpc) is 3.56. The highest BCUT2D eigenvalue weighted by Gasteiger charge is 2.77. The van der Waals surface area contributed by atoms with Gasteiger partial charge in [-0.05, 0) is 120 Å². The molecule has 3 heterocycles. The normalized spacial score (nSPS) is 41.9. The van der Waals surface area contributed by atoms with Crippen molar-refractivity contribution in [2.75, 3.05) is 13.2 Å². The molecule has 9 atom stereocenters. The average molecular weight is 750 g/mol. The Morgan fingerprint density at radius 2 is 1.50 bits per heavy atom. The van der Waals surface area contributed by atoms with E-state index < -0.39 is 28.9 Å². The molecule has 54 heavy (non-hydrogen) atoms. The van der Waals surface area contributed by atoms with Crippen molar-refractivity contribution < 1.29 is 34.1 Å². The number of aliphatic hydroxyl groups excluding tert-OH is 1. The molecule has 300 valence electrons. The molecule has 5 aliphatic carbocycles. The van der Waals surface area contributed by atoms with Gasteiger partial charge in [0.15, 0.2) is 0 Å². The lowest BCUT2D eigenvalue weighted by Crippen LogP contribution is -2.66. The van der Waals surface area contributed by atoms with Gasteiger partial charge in [0, 0.05) is 18.0 Å². The first-order valence-electron chi connectivity index (χ1n) is 22.3. The summed E-state index contributed by atoms with van der Waals surface area (Å²) in [5, 5.41) is 24.4. The Morgan fingerprint density at radius 1 is 0.852 bits per heavy atom. The maximum atomic E-state index is 15.2. The number of rotatable bonds is 7. The molecule has 10 nitrogen and oxygen atoms in total. The Morgan fingerprint density at radius 3 is 2.15 bits per heavy atom. The summed E-state index contributed by atoms with van der Waals surface area (Å²) in [6.45, 7) is 0.295. The van der Waals surface area contributed by atoms with Crippen LogP contribution in [0.3, 0.4) is 0 Å². The van der Waals surface area contributed by atoms with Gasteiger partial charge in [-0.15, -0.1) is 0 Å². The third-order valence-electron chi connectivity index (χ3n) is 15.9. The van der Waals surface area contributed by atoms with Crippen LogP contribution in [0.1, 0.15) is 148 Å². The van der Waals surface area contributed by atoms with E-state index in [0.717, 1.165) is 116 Å². The molecular formula is C44H67N3O7. The first-order valence-corrected chi connectivity index (χ1v) is 22.3. The van der Waals surface area contributed by atoms with Gasteiger partial charge in [0.1, 0.15) is 17.7 Å². The van der Waals surface area contributed by atoms with E-state index >= 15 is 4.79 Å². The number of nitrogens with two attached hydrogens (primary N) is 1. The van der Waals surface area contributed by atoms with E-state index in [1.54, 1.807) is 0 Å². The van der Waals surface area contributed by atoms with Crippen molar-refractivity contribution in [2.45, 2.75) is 190 Å². The van der Waals surface area contributed by atoms with Gasteiger partial charge in [-0.25, -0.2) is 0 Å². The minimum Gasteiger partial charge on any atom is -0.459 e. The summed E-state index contributed by atoms with van der Waals surface area (Å²) in [5.41, 5.74) is 4.39. The van der Waals surface area contributed by atoms with Crippen LogP contribution in [-0.4, -0.2) is 88.1 Å². The number of nitrogens with one attached hydrogen (secondary N) is 1. The van der Waals surface area contributed by atoms with Gasteiger partial charge in [-0.1, -0.05) is 63.2 Å². The lowest BCUT2D eigenvalue weighted by atomic mass is 9.55. The summed E-state index contributed by atoms with van der Waals surface area (Å²) in [6.07, 6.45) is 22.1. The van der Waals surface area contributed by atoms with Crippen molar-refractivity contribution in [3.63, 3.8) is 0 Å². The van der Waals surface area contributed by atoms with Crippen LogP contribution in [0.25, 0.3) is 0 Å². The molecule has 2 amide bonds. The standard InChI is InChI=1S/C44H67N3O7/c45-40(49)35-37-41(50)54-38(30-13-7-4-8-14-30)36(29-11-5-3-6-12-29)47(37)39(31-16-18-32(19-17-31)53-26-25-48)44(35)33-27-28(15-20-34(33)46-42(44)51)21-24-43(52)22-9-1-2-10-23-43/h28-39,48,52H,1-20,22-23,25-27H2,(H2,45,49)(H,46,51)/t28?,31?,32?,33?,34?,35-,36-,37-,38+,39+,44-/m1/s1. The Kier molecular flexibility index (Phi) is 11.7. The summed E-state index contributed by atoms with van der Waals surface area (Å²) in [4.78, 5) is 46.7. The number of nitrogens with zero attached hydrogens (tertiary/aromatic N) is 1. The van der Waals surface area contributed by atoms with Crippen molar-refractivity contribution >= 4 is 17.8 Å². The number of ether oxygens (including phenoxy) is 2. The molecule has 8 aliphatic rings. The number of hydrogen-bond donors (Lipinski definition) is 4. The van der Waals surface area contributed by atoms with E-state index in [1.807, 2.05) is 0 Å². The largest absolute Gasteiger partial charge is 0.459 e. The fraction of sp³-hybridized carbons (Fsp3) is 0.886. The Labute approximate surface area is 322 Å². The molecule has 0 aromatic heterocycles. The lowest BCUT2D eigenvalue weighted by molar-refractivity contribution is -0.190. The van der Waals surface area contributed by atoms with Gasteiger partial charge in [-0.3, -0.25) is 19.3 Å². The van der Waals surface area contributed by atoms with Crippen LogP contribution < -0.4 is 11.1 Å². The molecule has 3 unspecified atom stereocenters. The minimum atomic E-state index is -1.18. The molecule has 8 fully saturated rings. The van der Waals surface area contributed by atoms with E-state index in [9.17, 15) is 19.8 Å². The molecule has 10 heteroatoms. The molecule has 3 saturated heterocycles. The predicted molar refractivity (Wildman–Crippen MR) is 203 cm³/mol. The van der Waals surface area contributed by atoms with Gasteiger partial charge < -0.3 is 30.7 Å². The summed E-state index contributed by atoms with van der Waals surface area (Å²) in [7, 11) is 0. The van der Waals surface area contributed by atoms with Crippen molar-refractivity contribution in [1.82, 2.24) is 10.2 Å². The topological polar surface area (TPSA) is 151 Å². The summed E-state index contributed by atoms with van der Waals surface area (Å²) >= 11 is 0. The van der Waals surface area contributed by atoms with Gasteiger partial charge >= 0.3 is 5.97 Å². The van der Waals surface area contributed by atoms with Gasteiger partial charge in [0.05, 0.1) is 36.7 Å². The number of hydrogen-bond acceptors (Lipinski definition) is 8. The first kappa shape index (κ1) is 38.7. The lowest BCUT2D eigenvalue weighted by Gasteiger charge is -2.54. The molecule has 5 N–H and O–H groups in total. The van der Waals surface area contributed by atoms with Crippen molar-refractivity contribution in [1.29, 1.82) is 0 Å². The van der Waals surface area contributed by atoms with Crippen molar-refractivity contribution in [2.24, 2.45) is 46.7 Å². The second kappa shape index (κ2) is 16.3. The predicted octanol–water partition coefficient (Wildman–Crippen LogP) is 5.15. The fourth-order valence-electron chi connectivity index (χ4n) is 13.6. The van der Waals surface area contributed by atoms with E-state index in [4.69, 9.17) is 15.2 Å². The second-order valence-corrected chi connectivity index (χ2v) is 18.9. The van der Waals surface area contributed by atoms with Crippen LogP contribution >= 0.6 is 0 Å². The van der Waals surface area contributed by atoms with Crippen LogP contribution in [0, 0.1) is 52.8 Å². The second-order valence-electron chi connectivity index (χ2n) is 18.9. The van der Waals surface area contributed by atoms with E-state index in [2.05, 4.69) is 22.1 Å². The third-order valence-corrected chi connectivity index (χ3v) is 15.9. The summed E-state index contributed by atoms with van der Waals surface area (Å²) in [5.74, 6) is 5.28. The van der Waals surface area contributed by atoms with Gasteiger partial charge in [0.25, 0.3) is 0 Å². The highest BCUT2D eigenvalue weighted by atomic mass is 16.6. The Bertz CT molecular complexity index is 1420. The molecular weight excluding hydrogens is 682 g/mol. The molecule has 0 radical (unpaired) electrons. The molecule has 0 aromatic carbocycles. The van der Waals surface area contributed by atoms with Gasteiger partial charge in [-0.2, -0.15) is 0 Å². The van der Waals surface area contributed by atoms with Crippen LogP contribution in [0.2, 0.25) is 0 Å². The molecule has 0 aromatic rings. The monoisotopic (exact) mass is 749 g/mol. The molecule has 1 spiro atoms. The number of morpholine rings is 1. The van der Waals surface area contributed by atoms with Crippen molar-refractivity contribution in [3.05, 3.63) is 0 Å². The maximum Gasteiger partial charge on any atom is 0.324 e. The Hall–Kier alpha value is -2.19. The number of carbonyl (C=O) groups is 3. The third kappa shape index (κ3) is 7.04. The number of fused-ring (bicyclic) bond motifs is 3. The first-order chi connectivity index (χ1) is 26.2. The van der Waals surface area contributed by atoms with Crippen LogP contribution in [0.15, 0.2) is 0 Å². The maximum absolute atomic E-state index is 15.2.